The molecule has 2 rings (SSSR count). The standard InChI is InChI=1S/C16H25ClN2O/c1-2-18-11-14-5-6-15(10-16(14)17)19-8-3-4-13(12-19)7-9-20/h5-6,10,13,18,20H,2-4,7-9,11-12H2,1H3. The van der Waals surface area contributed by atoms with E-state index in [2.05, 4.69) is 35.3 Å². The molecule has 1 aromatic carbocycles. The second-order valence-electron chi connectivity index (χ2n) is 5.52. The third-order valence-corrected chi connectivity index (χ3v) is 4.38. The molecule has 0 radical (unpaired) electrons. The highest BCUT2D eigenvalue weighted by Crippen LogP contribution is 2.28. The van der Waals surface area contributed by atoms with Crippen molar-refractivity contribution in [1.29, 1.82) is 0 Å². The Bertz CT molecular complexity index is 423. The summed E-state index contributed by atoms with van der Waals surface area (Å²) < 4.78 is 0. The first-order valence-corrected chi connectivity index (χ1v) is 7.97. The number of hydrogen-bond donors (Lipinski definition) is 2. The Morgan fingerprint density at radius 3 is 3.00 bits per heavy atom. The molecule has 3 nitrogen and oxygen atoms in total. The molecule has 1 unspecified atom stereocenters. The zero-order valence-electron chi connectivity index (χ0n) is 12.2. The number of aliphatic hydroxyl groups is 1. The van der Waals surface area contributed by atoms with Crippen molar-refractivity contribution in [2.75, 3.05) is 31.1 Å². The predicted molar refractivity (Wildman–Crippen MR) is 85.5 cm³/mol. The molecule has 2 N–H and O–H groups in total. The van der Waals surface area contributed by atoms with Crippen molar-refractivity contribution in [3.05, 3.63) is 28.8 Å². The van der Waals surface area contributed by atoms with Crippen LogP contribution in [0.2, 0.25) is 5.02 Å². The fraction of sp³-hybridized carbons (Fsp3) is 0.625. The zero-order chi connectivity index (χ0) is 14.4. The number of piperidine rings is 1. The third kappa shape index (κ3) is 4.11. The van der Waals surface area contributed by atoms with Gasteiger partial charge < -0.3 is 15.3 Å². The van der Waals surface area contributed by atoms with Crippen LogP contribution >= 0.6 is 11.6 Å². The molecular weight excluding hydrogens is 272 g/mol. The Morgan fingerprint density at radius 2 is 2.30 bits per heavy atom. The van der Waals surface area contributed by atoms with Gasteiger partial charge in [0.1, 0.15) is 0 Å². The Hall–Kier alpha value is -0.770. The average Bonchev–Trinajstić information content (AvgIpc) is 2.46. The van der Waals surface area contributed by atoms with E-state index in [-0.39, 0.29) is 0 Å². The summed E-state index contributed by atoms with van der Waals surface area (Å²) in [5.41, 5.74) is 2.36. The molecule has 1 aliphatic rings. The van der Waals surface area contributed by atoms with E-state index in [0.717, 1.165) is 43.2 Å². The van der Waals surface area contributed by atoms with Crippen LogP contribution in [0, 0.1) is 5.92 Å². The van der Waals surface area contributed by atoms with Crippen LogP contribution in [0.25, 0.3) is 0 Å². The monoisotopic (exact) mass is 296 g/mol. The highest BCUT2D eigenvalue weighted by atomic mass is 35.5. The van der Waals surface area contributed by atoms with Gasteiger partial charge in [-0.05, 0) is 49.4 Å². The Kier molecular flexibility index (Phi) is 6.14. The highest BCUT2D eigenvalue weighted by Gasteiger charge is 2.20. The molecule has 1 fully saturated rings. The minimum absolute atomic E-state index is 0.293. The van der Waals surface area contributed by atoms with Crippen LogP contribution in [0.3, 0.4) is 0 Å². The van der Waals surface area contributed by atoms with E-state index in [4.69, 9.17) is 16.7 Å². The molecule has 0 bridgehead atoms. The van der Waals surface area contributed by atoms with Crippen molar-refractivity contribution in [2.45, 2.75) is 32.7 Å². The number of halogens is 1. The lowest BCUT2D eigenvalue weighted by atomic mass is 9.94. The minimum atomic E-state index is 0.293. The minimum Gasteiger partial charge on any atom is -0.396 e. The topological polar surface area (TPSA) is 35.5 Å². The number of anilines is 1. The SMILES string of the molecule is CCNCc1ccc(N2CCCC(CCO)C2)cc1Cl. The van der Waals surface area contributed by atoms with Crippen molar-refractivity contribution >= 4 is 17.3 Å². The fourth-order valence-corrected chi connectivity index (χ4v) is 3.10. The normalized spacial score (nSPS) is 19.4. The van der Waals surface area contributed by atoms with Gasteiger partial charge in [-0.1, -0.05) is 24.6 Å². The van der Waals surface area contributed by atoms with Crippen molar-refractivity contribution in [1.82, 2.24) is 5.32 Å². The summed E-state index contributed by atoms with van der Waals surface area (Å²) in [5.74, 6) is 0.606. The van der Waals surface area contributed by atoms with Crippen molar-refractivity contribution in [2.24, 2.45) is 5.92 Å². The smallest absolute Gasteiger partial charge is 0.0471 e. The van der Waals surface area contributed by atoms with Crippen LogP contribution in [0.1, 0.15) is 31.7 Å². The maximum absolute atomic E-state index is 9.09. The summed E-state index contributed by atoms with van der Waals surface area (Å²) in [5, 5.41) is 13.2. The van der Waals surface area contributed by atoms with Crippen molar-refractivity contribution < 1.29 is 5.11 Å². The first-order valence-electron chi connectivity index (χ1n) is 7.59. The lowest BCUT2D eigenvalue weighted by Crippen LogP contribution is -2.35. The average molecular weight is 297 g/mol. The molecule has 4 heteroatoms. The molecular formula is C16H25ClN2O. The predicted octanol–water partition coefficient (Wildman–Crippen LogP) is 3.05. The molecule has 1 saturated heterocycles. The first-order chi connectivity index (χ1) is 9.74. The quantitative estimate of drug-likeness (QED) is 0.847. The van der Waals surface area contributed by atoms with Crippen LogP contribution in [-0.4, -0.2) is 31.3 Å². The van der Waals surface area contributed by atoms with Crippen LogP contribution < -0.4 is 10.2 Å². The van der Waals surface area contributed by atoms with Crippen LogP contribution in [-0.2, 0) is 6.54 Å². The molecule has 0 aliphatic carbocycles. The van der Waals surface area contributed by atoms with Crippen LogP contribution in [0.4, 0.5) is 5.69 Å². The second-order valence-corrected chi connectivity index (χ2v) is 5.93. The van der Waals surface area contributed by atoms with Crippen LogP contribution in [0.15, 0.2) is 18.2 Å². The largest absolute Gasteiger partial charge is 0.396 e. The van der Waals surface area contributed by atoms with Gasteiger partial charge in [0.25, 0.3) is 0 Å². The summed E-state index contributed by atoms with van der Waals surface area (Å²) >= 11 is 6.38. The van der Waals surface area contributed by atoms with Gasteiger partial charge in [-0.3, -0.25) is 0 Å². The van der Waals surface area contributed by atoms with Gasteiger partial charge in [-0.2, -0.15) is 0 Å². The maximum Gasteiger partial charge on any atom is 0.0471 e. The number of rotatable bonds is 6. The number of nitrogens with one attached hydrogen (secondary N) is 1. The number of benzene rings is 1. The summed E-state index contributed by atoms with van der Waals surface area (Å²) in [6.07, 6.45) is 3.33. The van der Waals surface area contributed by atoms with Gasteiger partial charge >= 0.3 is 0 Å². The third-order valence-electron chi connectivity index (χ3n) is 4.02. The summed E-state index contributed by atoms with van der Waals surface area (Å²) in [7, 11) is 0. The molecule has 20 heavy (non-hydrogen) atoms. The van der Waals surface area contributed by atoms with Crippen molar-refractivity contribution in [3.8, 4) is 0 Å². The fourth-order valence-electron chi connectivity index (χ4n) is 2.85. The van der Waals surface area contributed by atoms with E-state index in [0.29, 0.717) is 12.5 Å². The Morgan fingerprint density at radius 1 is 1.45 bits per heavy atom. The molecule has 0 aromatic heterocycles. The lowest BCUT2D eigenvalue weighted by molar-refractivity contribution is 0.244. The van der Waals surface area contributed by atoms with E-state index in [1.807, 2.05) is 0 Å². The van der Waals surface area contributed by atoms with Gasteiger partial charge in [0.15, 0.2) is 0 Å². The molecule has 112 valence electrons. The number of nitrogens with zero attached hydrogens (tertiary/aromatic N) is 1. The lowest BCUT2D eigenvalue weighted by Gasteiger charge is -2.34. The molecule has 1 heterocycles. The Labute approximate surface area is 126 Å². The molecule has 1 atom stereocenters. The Balaban J connectivity index is 2.03. The van der Waals surface area contributed by atoms with Gasteiger partial charge in [-0.15, -0.1) is 0 Å². The summed E-state index contributed by atoms with van der Waals surface area (Å²) in [6, 6.07) is 6.37. The molecule has 0 spiro atoms. The van der Waals surface area contributed by atoms with Crippen LogP contribution in [0.5, 0.6) is 0 Å². The van der Waals surface area contributed by atoms with Gasteiger partial charge in [-0.25, -0.2) is 0 Å². The number of aliphatic hydroxyl groups excluding tert-OH is 1. The molecule has 0 saturated carbocycles. The van der Waals surface area contributed by atoms with Gasteiger partial charge in [0, 0.05) is 37.0 Å². The molecule has 1 aromatic rings. The van der Waals surface area contributed by atoms with E-state index >= 15 is 0 Å². The second kappa shape index (κ2) is 7.87. The zero-order valence-corrected chi connectivity index (χ0v) is 13.0. The number of hydrogen-bond acceptors (Lipinski definition) is 3. The summed E-state index contributed by atoms with van der Waals surface area (Å²) in [6.45, 7) is 6.28. The van der Waals surface area contributed by atoms with E-state index < -0.39 is 0 Å². The summed E-state index contributed by atoms with van der Waals surface area (Å²) in [4.78, 5) is 2.40. The first kappa shape index (κ1) is 15.6. The van der Waals surface area contributed by atoms with E-state index in [9.17, 15) is 0 Å². The van der Waals surface area contributed by atoms with Gasteiger partial charge in [0.05, 0.1) is 0 Å². The molecule has 0 amide bonds. The molecule has 1 aliphatic heterocycles. The van der Waals surface area contributed by atoms with Gasteiger partial charge in [0.2, 0.25) is 0 Å². The van der Waals surface area contributed by atoms with E-state index in [1.165, 1.54) is 18.5 Å². The van der Waals surface area contributed by atoms with E-state index in [1.54, 1.807) is 0 Å². The maximum atomic E-state index is 9.09. The van der Waals surface area contributed by atoms with Crippen molar-refractivity contribution in [3.63, 3.8) is 0 Å². The highest BCUT2D eigenvalue weighted by molar-refractivity contribution is 6.31.